The van der Waals surface area contributed by atoms with Gasteiger partial charge in [0.25, 0.3) is 0 Å². The normalized spacial score (nSPS) is 12.2. The number of para-hydroxylation sites is 2. The van der Waals surface area contributed by atoms with E-state index in [2.05, 4.69) is 6.07 Å². The Balaban J connectivity index is 1.55. The summed E-state index contributed by atoms with van der Waals surface area (Å²) < 4.78 is 89.6. The molecule has 0 amide bonds. The minimum absolute atomic E-state index is 0.0801. The van der Waals surface area contributed by atoms with Crippen LogP contribution in [-0.4, -0.2) is 9.13 Å². The van der Waals surface area contributed by atoms with E-state index in [1.807, 2.05) is 54.0 Å². The summed E-state index contributed by atoms with van der Waals surface area (Å²) in [7, 11) is 0. The molecule has 10 heteroatoms. The van der Waals surface area contributed by atoms with E-state index in [0.29, 0.717) is 27.5 Å². The maximum Gasteiger partial charge on any atom is 0.417 e. The zero-order chi connectivity index (χ0) is 35.8. The standard InChI is InChI=1S/C41H22F6N4/c1-23-10-14-36-30(16-23)28-6-2-5-9-35(28)51(36)39-18-25(22-49)38(20-32(39)27-13-11-24(21-48)17-33(27)41(45,46)47)50-34-8-4-3-7-29(34)31-19-26(40(42,43)44)12-15-37(31)50/h2-20H,1H3. The van der Waals surface area contributed by atoms with Crippen molar-refractivity contribution in [2.45, 2.75) is 19.3 Å². The van der Waals surface area contributed by atoms with Crippen molar-refractivity contribution < 1.29 is 26.3 Å². The third-order valence-corrected chi connectivity index (χ3v) is 9.29. The zero-order valence-electron chi connectivity index (χ0n) is 26.5. The lowest BCUT2D eigenvalue weighted by atomic mass is 9.93. The summed E-state index contributed by atoms with van der Waals surface area (Å²) in [6, 6.07) is 33.6. The Morgan fingerprint density at radius 2 is 1.10 bits per heavy atom. The van der Waals surface area contributed by atoms with E-state index >= 15 is 0 Å². The van der Waals surface area contributed by atoms with E-state index in [9.17, 15) is 36.9 Å². The number of hydrogen-bond acceptors (Lipinski definition) is 2. The van der Waals surface area contributed by atoms with E-state index in [-0.39, 0.29) is 39.0 Å². The molecule has 0 unspecified atom stereocenters. The lowest BCUT2D eigenvalue weighted by Gasteiger charge is -2.21. The van der Waals surface area contributed by atoms with E-state index in [1.54, 1.807) is 34.9 Å². The van der Waals surface area contributed by atoms with Gasteiger partial charge in [-0.25, -0.2) is 0 Å². The molecule has 0 aliphatic carbocycles. The molecule has 0 saturated carbocycles. The Labute approximate surface area is 286 Å². The van der Waals surface area contributed by atoms with Crippen LogP contribution in [0.2, 0.25) is 0 Å². The summed E-state index contributed by atoms with van der Waals surface area (Å²) in [5.41, 5.74) is 1.47. The largest absolute Gasteiger partial charge is 0.417 e. The molecule has 8 rings (SSSR count). The molecule has 51 heavy (non-hydrogen) atoms. The molecule has 6 aromatic carbocycles. The molecule has 0 N–H and O–H groups in total. The Morgan fingerprint density at radius 1 is 0.510 bits per heavy atom. The summed E-state index contributed by atoms with van der Waals surface area (Å²) in [6.07, 6.45) is -9.49. The topological polar surface area (TPSA) is 57.4 Å². The molecule has 0 saturated heterocycles. The van der Waals surface area contributed by atoms with Gasteiger partial charge < -0.3 is 9.13 Å². The van der Waals surface area contributed by atoms with Gasteiger partial charge in [0.1, 0.15) is 6.07 Å². The summed E-state index contributed by atoms with van der Waals surface area (Å²) in [6.45, 7) is 1.94. The van der Waals surface area contributed by atoms with Gasteiger partial charge in [-0.2, -0.15) is 36.9 Å². The number of hydrogen-bond donors (Lipinski definition) is 0. The third-order valence-electron chi connectivity index (χ3n) is 9.29. The van der Waals surface area contributed by atoms with Gasteiger partial charge in [-0.1, -0.05) is 54.1 Å². The van der Waals surface area contributed by atoms with Crippen LogP contribution in [0, 0.1) is 29.6 Å². The van der Waals surface area contributed by atoms with Crippen LogP contribution in [-0.2, 0) is 12.4 Å². The van der Waals surface area contributed by atoms with Gasteiger partial charge >= 0.3 is 12.4 Å². The molecule has 2 heterocycles. The molecule has 8 aromatic rings. The molecule has 0 aliphatic heterocycles. The van der Waals surface area contributed by atoms with Crippen molar-refractivity contribution in [1.29, 1.82) is 10.5 Å². The molecule has 0 atom stereocenters. The molecule has 0 radical (unpaired) electrons. The minimum atomic E-state index is -4.87. The number of alkyl halides is 6. The van der Waals surface area contributed by atoms with Crippen LogP contribution in [0.1, 0.15) is 27.8 Å². The monoisotopic (exact) mass is 684 g/mol. The van der Waals surface area contributed by atoms with E-state index in [1.165, 1.54) is 30.3 Å². The van der Waals surface area contributed by atoms with Gasteiger partial charge in [-0.3, -0.25) is 0 Å². The number of nitriles is 2. The molecule has 4 nitrogen and oxygen atoms in total. The zero-order valence-corrected chi connectivity index (χ0v) is 26.5. The first kappa shape index (κ1) is 31.7. The Hall–Kier alpha value is -6.52. The number of halogens is 6. The average molecular weight is 685 g/mol. The number of rotatable bonds is 3. The molecule has 0 aliphatic rings. The lowest BCUT2D eigenvalue weighted by Crippen LogP contribution is -2.10. The average Bonchev–Trinajstić information content (AvgIpc) is 3.62. The van der Waals surface area contributed by atoms with Gasteiger partial charge in [-0.05, 0) is 79.2 Å². The van der Waals surface area contributed by atoms with Gasteiger partial charge in [0.2, 0.25) is 0 Å². The first-order valence-electron chi connectivity index (χ1n) is 15.7. The summed E-state index contributed by atoms with van der Waals surface area (Å²) in [5.74, 6) is 0. The highest BCUT2D eigenvalue weighted by molar-refractivity contribution is 6.11. The first-order valence-corrected chi connectivity index (χ1v) is 15.7. The third kappa shape index (κ3) is 4.99. The number of benzene rings is 6. The molecular weight excluding hydrogens is 662 g/mol. The highest BCUT2D eigenvalue weighted by atomic mass is 19.4. The molecular formula is C41H22F6N4. The fourth-order valence-electron chi connectivity index (χ4n) is 7.09. The van der Waals surface area contributed by atoms with Crippen molar-refractivity contribution in [1.82, 2.24) is 9.13 Å². The van der Waals surface area contributed by atoms with Crippen LogP contribution >= 0.6 is 0 Å². The number of aryl methyl sites for hydroxylation is 1. The maximum atomic E-state index is 14.9. The van der Waals surface area contributed by atoms with Crippen molar-refractivity contribution in [3.8, 4) is 34.6 Å². The second-order valence-corrected chi connectivity index (χ2v) is 12.3. The fourth-order valence-corrected chi connectivity index (χ4v) is 7.09. The number of nitrogens with zero attached hydrogens (tertiary/aromatic N) is 4. The van der Waals surface area contributed by atoms with Gasteiger partial charge in [0, 0.05) is 27.1 Å². The Morgan fingerprint density at radius 3 is 1.71 bits per heavy atom. The van der Waals surface area contributed by atoms with Crippen molar-refractivity contribution in [2.75, 3.05) is 0 Å². The van der Waals surface area contributed by atoms with Gasteiger partial charge in [-0.15, -0.1) is 0 Å². The number of fused-ring (bicyclic) bond motifs is 6. The first-order chi connectivity index (χ1) is 24.4. The summed E-state index contributed by atoms with van der Waals surface area (Å²) >= 11 is 0. The predicted molar refractivity (Wildman–Crippen MR) is 185 cm³/mol. The molecule has 0 spiro atoms. The summed E-state index contributed by atoms with van der Waals surface area (Å²) in [4.78, 5) is 0. The van der Waals surface area contributed by atoms with Crippen LogP contribution in [0.3, 0.4) is 0 Å². The smallest absolute Gasteiger partial charge is 0.309 e. The molecule has 2 aromatic heterocycles. The Bertz CT molecular complexity index is 2820. The van der Waals surface area contributed by atoms with Crippen molar-refractivity contribution in [3.63, 3.8) is 0 Å². The van der Waals surface area contributed by atoms with E-state index in [0.717, 1.165) is 34.5 Å². The quantitative estimate of drug-likeness (QED) is 0.174. The van der Waals surface area contributed by atoms with Gasteiger partial charge in [0.15, 0.2) is 0 Å². The van der Waals surface area contributed by atoms with Crippen LogP contribution in [0.4, 0.5) is 26.3 Å². The molecule has 0 bridgehead atoms. The SMILES string of the molecule is Cc1ccc2c(c1)c1ccccc1n2-c1cc(C#N)c(-n2c3ccccc3c3cc(C(F)(F)F)ccc32)cc1-c1ccc(C#N)cc1C(F)(F)F. The van der Waals surface area contributed by atoms with Crippen molar-refractivity contribution in [3.05, 3.63) is 143 Å². The highest BCUT2D eigenvalue weighted by Gasteiger charge is 2.36. The molecule has 0 fully saturated rings. The van der Waals surface area contributed by atoms with Gasteiger partial charge in [0.05, 0.1) is 61.8 Å². The van der Waals surface area contributed by atoms with E-state index in [4.69, 9.17) is 0 Å². The summed E-state index contributed by atoms with van der Waals surface area (Å²) in [5, 5.41) is 22.7. The highest BCUT2D eigenvalue weighted by Crippen LogP contribution is 2.45. The van der Waals surface area contributed by atoms with Crippen molar-refractivity contribution >= 4 is 43.6 Å². The van der Waals surface area contributed by atoms with Crippen molar-refractivity contribution in [2.24, 2.45) is 0 Å². The van der Waals surface area contributed by atoms with Crippen LogP contribution in [0.5, 0.6) is 0 Å². The Kier molecular flexibility index (Phi) is 7.00. The van der Waals surface area contributed by atoms with E-state index < -0.39 is 23.5 Å². The lowest BCUT2D eigenvalue weighted by molar-refractivity contribution is -0.138. The molecule has 248 valence electrons. The fraction of sp³-hybridized carbons (Fsp3) is 0.0732. The maximum absolute atomic E-state index is 14.9. The van der Waals surface area contributed by atoms with Crippen LogP contribution in [0.15, 0.2) is 115 Å². The second-order valence-electron chi connectivity index (χ2n) is 12.3. The minimum Gasteiger partial charge on any atom is -0.309 e. The van der Waals surface area contributed by atoms with Crippen LogP contribution < -0.4 is 0 Å². The predicted octanol–water partition coefficient (Wildman–Crippen LogP) is 11.6. The second kappa shape index (κ2) is 11.3. The van der Waals surface area contributed by atoms with Crippen LogP contribution in [0.25, 0.3) is 66.1 Å². The number of aromatic nitrogens is 2.